The molecule has 0 radical (unpaired) electrons. The van der Waals surface area contributed by atoms with Crippen LogP contribution in [-0.2, 0) is 36.5 Å². The smallest absolute Gasteiger partial charge is 0.0618 e. The highest BCUT2D eigenvalue weighted by Crippen LogP contribution is 2.61. The topological polar surface area (TPSA) is 6.48 Å². The van der Waals surface area contributed by atoms with Crippen LogP contribution in [0.4, 0.5) is 34.1 Å². The van der Waals surface area contributed by atoms with Crippen molar-refractivity contribution in [3.8, 4) is 44.5 Å². The molecule has 0 heterocycles. The van der Waals surface area contributed by atoms with Crippen molar-refractivity contribution in [3.63, 3.8) is 0 Å². The van der Waals surface area contributed by atoms with Crippen molar-refractivity contribution < 1.29 is 0 Å². The number of para-hydroxylation sites is 2. The van der Waals surface area contributed by atoms with Gasteiger partial charge in [-0.3, -0.25) is 0 Å². The summed E-state index contributed by atoms with van der Waals surface area (Å²) in [5, 5.41) is 0. The predicted molar refractivity (Wildman–Crippen MR) is 331 cm³/mol. The Bertz CT molecular complexity index is 3800. The number of rotatable bonds is 10. The molecule has 0 amide bonds. The molecule has 0 aliphatic heterocycles. The fourth-order valence-electron chi connectivity index (χ4n) is 15.9. The second-order valence-electron chi connectivity index (χ2n) is 24.6. The molecule has 0 spiro atoms. The van der Waals surface area contributed by atoms with E-state index in [2.05, 4.69) is 260 Å². The van der Waals surface area contributed by atoms with Crippen molar-refractivity contribution in [1.29, 1.82) is 0 Å². The minimum absolute atomic E-state index is 0.210. The van der Waals surface area contributed by atoms with Gasteiger partial charge in [-0.1, -0.05) is 196 Å². The molecule has 2 heteroatoms. The fourth-order valence-corrected chi connectivity index (χ4v) is 15.9. The zero-order valence-electron chi connectivity index (χ0n) is 45.7. The molecule has 4 fully saturated rings. The van der Waals surface area contributed by atoms with Gasteiger partial charge < -0.3 is 9.80 Å². The van der Waals surface area contributed by atoms with E-state index in [1.165, 1.54) is 151 Å². The second-order valence-corrected chi connectivity index (χ2v) is 24.6. The first-order chi connectivity index (χ1) is 38.8. The van der Waals surface area contributed by atoms with Gasteiger partial charge in [-0.2, -0.15) is 0 Å². The van der Waals surface area contributed by atoms with Crippen LogP contribution in [0.15, 0.2) is 237 Å². The monoisotopic (exact) mass is 1020 g/mol. The molecule has 9 aliphatic carbocycles. The molecule has 2 nitrogen and oxygen atoms in total. The van der Waals surface area contributed by atoms with E-state index in [0.717, 1.165) is 43.4 Å². The van der Waals surface area contributed by atoms with E-state index in [1.807, 2.05) is 0 Å². The van der Waals surface area contributed by atoms with Crippen LogP contribution in [0.25, 0.3) is 44.5 Å². The highest BCUT2D eigenvalue weighted by atomic mass is 15.2. The van der Waals surface area contributed by atoms with E-state index in [4.69, 9.17) is 0 Å². The van der Waals surface area contributed by atoms with Gasteiger partial charge in [0, 0.05) is 45.0 Å². The van der Waals surface area contributed by atoms with Crippen molar-refractivity contribution in [1.82, 2.24) is 0 Å². The van der Waals surface area contributed by atoms with Crippen LogP contribution in [0.1, 0.15) is 91.3 Å². The van der Waals surface area contributed by atoms with E-state index in [1.54, 1.807) is 5.56 Å². The molecular formula is C77H68N2. The molecule has 10 aromatic carbocycles. The van der Waals surface area contributed by atoms with Crippen LogP contribution in [0.5, 0.6) is 0 Å². The van der Waals surface area contributed by atoms with E-state index < -0.39 is 0 Å². The Kier molecular flexibility index (Phi) is 11.7. The lowest BCUT2D eigenvalue weighted by molar-refractivity contribution is -0.00518. The summed E-state index contributed by atoms with van der Waals surface area (Å²) in [7, 11) is 0. The maximum Gasteiger partial charge on any atom is 0.0618 e. The Morgan fingerprint density at radius 2 is 0.848 bits per heavy atom. The first-order valence-corrected chi connectivity index (χ1v) is 29.4. The molecule has 19 rings (SSSR count). The van der Waals surface area contributed by atoms with Gasteiger partial charge in [-0.25, -0.2) is 0 Å². The summed E-state index contributed by atoms with van der Waals surface area (Å²) in [5.74, 6) is 2.78. The van der Waals surface area contributed by atoms with Crippen molar-refractivity contribution >= 4 is 34.1 Å². The largest absolute Gasteiger partial charge is 0.310 e. The molecule has 0 aromatic heterocycles. The molecule has 0 atom stereocenters. The Labute approximate surface area is 468 Å². The zero-order valence-corrected chi connectivity index (χ0v) is 45.7. The second kappa shape index (κ2) is 19.3. The number of aryl methyl sites for hydroxylation is 4. The Morgan fingerprint density at radius 3 is 1.42 bits per heavy atom. The van der Waals surface area contributed by atoms with Gasteiger partial charge in [-0.05, 0) is 214 Å². The Hall–Kier alpha value is -8.20. The Morgan fingerprint density at radius 1 is 0.342 bits per heavy atom. The molecular weight excluding hydrogens is 953 g/mol. The van der Waals surface area contributed by atoms with Gasteiger partial charge >= 0.3 is 0 Å². The molecule has 79 heavy (non-hydrogen) atoms. The molecule has 4 saturated carbocycles. The van der Waals surface area contributed by atoms with E-state index in [9.17, 15) is 0 Å². The van der Waals surface area contributed by atoms with Crippen LogP contribution in [0.2, 0.25) is 0 Å². The highest BCUT2D eigenvalue weighted by Gasteiger charge is 2.51. The van der Waals surface area contributed by atoms with Crippen LogP contribution < -0.4 is 9.80 Å². The van der Waals surface area contributed by atoms with Gasteiger partial charge in [0.05, 0.1) is 5.69 Å². The summed E-state index contributed by atoms with van der Waals surface area (Å²) in [6, 6.07) is 90.3. The van der Waals surface area contributed by atoms with Gasteiger partial charge in [0.25, 0.3) is 0 Å². The first kappa shape index (κ1) is 48.0. The number of nitrogens with zero attached hydrogens (tertiary/aromatic N) is 2. The van der Waals surface area contributed by atoms with E-state index in [-0.39, 0.29) is 5.41 Å². The summed E-state index contributed by atoms with van der Waals surface area (Å²) in [4.78, 5) is 5.21. The van der Waals surface area contributed by atoms with Gasteiger partial charge in [0.15, 0.2) is 0 Å². The van der Waals surface area contributed by atoms with Crippen LogP contribution >= 0.6 is 0 Å². The highest BCUT2D eigenvalue weighted by molar-refractivity contribution is 5.99. The molecule has 9 aliphatic rings. The lowest BCUT2D eigenvalue weighted by atomic mass is 9.48. The molecule has 0 saturated heterocycles. The minimum Gasteiger partial charge on any atom is -0.310 e. The number of hydrogen-bond donors (Lipinski definition) is 0. The summed E-state index contributed by atoms with van der Waals surface area (Å²) in [6.07, 6.45) is 12.2. The standard InChI is InChI=1S/C77H68N2/c1-76(2)71-41-34-62(57-16-7-3-8-17-57)47-70(71)69-40-39-66(48-72(69)76)79(75-67(58-18-9-4-10-19-58)24-15-25-68(75)59-20-11-5-12-21-59)74-46-53-27-31-60-30-26-52(28-32-61(74)33-29-53)45-73(60)78(64-22-13-6-14-23-64)65-37-35-63(36-38-65)77-49-54-42-55(50-77)44-56(43-54)51-77/h3-26,29-30,33-41,45-48,54-56H,27-28,31-32,42-44,49-51H2,1-2H3. The van der Waals surface area contributed by atoms with Crippen LogP contribution in [-0.4, -0.2) is 0 Å². The van der Waals surface area contributed by atoms with Gasteiger partial charge in [0.1, 0.15) is 0 Å². The average Bonchev–Trinajstić information content (AvgIpc) is 4.00. The van der Waals surface area contributed by atoms with Crippen LogP contribution in [0, 0.1) is 17.8 Å². The quantitative estimate of drug-likeness (QED) is 0.135. The van der Waals surface area contributed by atoms with Gasteiger partial charge in [-0.15, -0.1) is 0 Å². The third-order valence-electron chi connectivity index (χ3n) is 19.4. The van der Waals surface area contributed by atoms with Gasteiger partial charge in [0.2, 0.25) is 0 Å². The summed E-state index contributed by atoms with van der Waals surface area (Å²) >= 11 is 0. The normalized spacial score (nSPS) is 20.1. The average molecular weight is 1020 g/mol. The molecule has 386 valence electrons. The summed E-state index contributed by atoms with van der Waals surface area (Å²) in [6.45, 7) is 4.84. The number of anilines is 6. The van der Waals surface area contributed by atoms with Crippen molar-refractivity contribution in [2.75, 3.05) is 9.80 Å². The maximum absolute atomic E-state index is 2.65. The molecule has 8 bridgehead atoms. The SMILES string of the molecule is CC1(C)c2ccc(-c3ccccc3)cc2-c2ccc(N(c3cc4ccc3CCc3ccc(c(N(c5ccccc5)c5ccc(C67CC8CC(CC(C8)C6)C7)cc5)c3)CC4)c3c(-c4ccccc4)cccc3-c3ccccc3)cc21. The lowest BCUT2D eigenvalue weighted by Crippen LogP contribution is -2.48. The summed E-state index contributed by atoms with van der Waals surface area (Å²) in [5.41, 5.74) is 27.2. The number of benzene rings is 10. The zero-order chi connectivity index (χ0) is 52.7. The predicted octanol–water partition coefficient (Wildman–Crippen LogP) is 20.3. The molecule has 0 N–H and O–H groups in total. The lowest BCUT2D eigenvalue weighted by Gasteiger charge is -2.57. The number of fused-ring (bicyclic) bond motifs is 3. The van der Waals surface area contributed by atoms with Crippen molar-refractivity contribution in [3.05, 3.63) is 276 Å². The Balaban J connectivity index is 0.858. The van der Waals surface area contributed by atoms with E-state index >= 15 is 0 Å². The molecule has 10 aromatic rings. The maximum atomic E-state index is 2.65. The summed E-state index contributed by atoms with van der Waals surface area (Å²) < 4.78 is 0. The third kappa shape index (κ3) is 8.46. The first-order valence-electron chi connectivity index (χ1n) is 29.4. The fraction of sp³-hybridized carbons (Fsp3) is 0.221. The van der Waals surface area contributed by atoms with Crippen LogP contribution in [0.3, 0.4) is 0 Å². The number of hydrogen-bond acceptors (Lipinski definition) is 2. The minimum atomic E-state index is -0.210. The van der Waals surface area contributed by atoms with Crippen molar-refractivity contribution in [2.45, 2.75) is 88.9 Å². The van der Waals surface area contributed by atoms with Crippen molar-refractivity contribution in [2.24, 2.45) is 17.8 Å². The van der Waals surface area contributed by atoms with E-state index in [0.29, 0.717) is 5.41 Å². The third-order valence-corrected chi connectivity index (χ3v) is 19.4. The molecule has 0 unspecified atom stereocenters.